The Hall–Kier alpha value is -1.15. The molecule has 0 saturated carbocycles. The quantitative estimate of drug-likeness (QED) is 0.711. The fourth-order valence-corrected chi connectivity index (χ4v) is 1.58. The zero-order valence-electron chi connectivity index (χ0n) is 11.2. The number of halogens is 4. The highest BCUT2D eigenvalue weighted by Crippen LogP contribution is 2.28. The van der Waals surface area contributed by atoms with Gasteiger partial charge in [0.25, 0.3) is 0 Å². The molecule has 0 atom stereocenters. The van der Waals surface area contributed by atoms with E-state index < -0.39 is 6.61 Å². The van der Waals surface area contributed by atoms with Crippen molar-refractivity contribution in [3.05, 3.63) is 23.2 Å². The van der Waals surface area contributed by atoms with E-state index in [0.717, 1.165) is 0 Å². The molecule has 2 N–H and O–H groups in total. The summed E-state index contributed by atoms with van der Waals surface area (Å²) < 4.78 is 33.1. The van der Waals surface area contributed by atoms with Gasteiger partial charge in [0.2, 0.25) is 5.91 Å². The fraction of sp³-hybridized carbons (Fsp3) is 0.417. The van der Waals surface area contributed by atoms with E-state index in [4.69, 9.17) is 16.3 Å². The first-order chi connectivity index (χ1) is 9.52. The van der Waals surface area contributed by atoms with Crippen molar-refractivity contribution in [2.45, 2.75) is 6.61 Å². The molecular weight excluding hydrogens is 329 g/mol. The molecular formula is C12H16Cl2F2N2O3. The Labute approximate surface area is 132 Å². The molecule has 120 valence electrons. The van der Waals surface area contributed by atoms with Crippen LogP contribution in [0.5, 0.6) is 5.75 Å². The van der Waals surface area contributed by atoms with Crippen molar-refractivity contribution in [3.8, 4) is 5.75 Å². The molecule has 21 heavy (non-hydrogen) atoms. The zero-order valence-corrected chi connectivity index (χ0v) is 12.8. The predicted octanol–water partition coefficient (Wildman–Crippen LogP) is 2.54. The topological polar surface area (TPSA) is 59.6 Å². The van der Waals surface area contributed by atoms with E-state index in [-0.39, 0.29) is 35.6 Å². The van der Waals surface area contributed by atoms with Crippen LogP contribution in [0.2, 0.25) is 5.02 Å². The smallest absolute Gasteiger partial charge is 0.387 e. The van der Waals surface area contributed by atoms with Crippen molar-refractivity contribution >= 4 is 35.6 Å². The Kier molecular flexibility index (Phi) is 9.98. The predicted molar refractivity (Wildman–Crippen MR) is 78.7 cm³/mol. The lowest BCUT2D eigenvalue weighted by molar-refractivity contribution is -0.115. The first kappa shape index (κ1) is 19.9. The summed E-state index contributed by atoms with van der Waals surface area (Å²) in [6, 6.07) is 4.03. The van der Waals surface area contributed by atoms with E-state index in [9.17, 15) is 13.6 Å². The zero-order chi connectivity index (χ0) is 15.0. The number of ether oxygens (including phenoxy) is 2. The van der Waals surface area contributed by atoms with Crippen LogP contribution in [-0.4, -0.2) is 39.3 Å². The van der Waals surface area contributed by atoms with Gasteiger partial charge in [-0.2, -0.15) is 8.78 Å². The Balaban J connectivity index is 0.00000400. The van der Waals surface area contributed by atoms with Crippen LogP contribution < -0.4 is 15.4 Å². The SMILES string of the molecule is COCCNCC(=O)Nc1ccc(OC(F)F)c(Cl)c1.Cl. The molecule has 0 bridgehead atoms. The molecule has 0 aliphatic heterocycles. The average molecular weight is 345 g/mol. The number of rotatable bonds is 8. The minimum Gasteiger partial charge on any atom is -0.433 e. The summed E-state index contributed by atoms with van der Waals surface area (Å²) in [5, 5.41) is 5.43. The van der Waals surface area contributed by atoms with Gasteiger partial charge in [-0.05, 0) is 18.2 Å². The molecule has 1 aromatic carbocycles. The molecule has 0 aliphatic carbocycles. The summed E-state index contributed by atoms with van der Waals surface area (Å²) in [6.45, 7) is -1.79. The number of amides is 1. The number of hydrogen-bond donors (Lipinski definition) is 2. The van der Waals surface area contributed by atoms with Crippen molar-refractivity contribution < 1.29 is 23.0 Å². The van der Waals surface area contributed by atoms with Crippen LogP contribution >= 0.6 is 24.0 Å². The summed E-state index contributed by atoms with van der Waals surface area (Å²) in [4.78, 5) is 11.5. The van der Waals surface area contributed by atoms with Gasteiger partial charge in [0.05, 0.1) is 18.2 Å². The minimum atomic E-state index is -2.95. The molecule has 1 aromatic rings. The third kappa shape index (κ3) is 8.01. The first-order valence-electron chi connectivity index (χ1n) is 5.76. The average Bonchev–Trinajstić information content (AvgIpc) is 2.37. The van der Waals surface area contributed by atoms with Crippen LogP contribution in [0.15, 0.2) is 18.2 Å². The maximum Gasteiger partial charge on any atom is 0.387 e. The number of alkyl halides is 2. The van der Waals surface area contributed by atoms with E-state index in [0.29, 0.717) is 18.8 Å². The summed E-state index contributed by atoms with van der Waals surface area (Å²) in [7, 11) is 1.56. The number of benzene rings is 1. The van der Waals surface area contributed by atoms with Crippen LogP contribution in [0, 0.1) is 0 Å². The molecule has 0 heterocycles. The first-order valence-corrected chi connectivity index (χ1v) is 6.14. The summed E-state index contributed by atoms with van der Waals surface area (Å²) in [5.41, 5.74) is 0.398. The third-order valence-corrected chi connectivity index (χ3v) is 2.50. The standard InChI is InChI=1S/C12H15ClF2N2O3.ClH/c1-19-5-4-16-7-11(18)17-8-2-3-10(9(13)6-8)20-12(14)15;/h2-3,6,12,16H,4-5,7H2,1H3,(H,17,18);1H. The van der Waals surface area contributed by atoms with Crippen LogP contribution in [0.3, 0.4) is 0 Å². The molecule has 1 amide bonds. The van der Waals surface area contributed by atoms with Crippen molar-refractivity contribution in [2.24, 2.45) is 0 Å². The second kappa shape index (κ2) is 10.6. The van der Waals surface area contributed by atoms with Gasteiger partial charge in [0.1, 0.15) is 5.75 Å². The lowest BCUT2D eigenvalue weighted by atomic mass is 10.3. The molecule has 0 fully saturated rings. The molecule has 0 aromatic heterocycles. The molecule has 5 nitrogen and oxygen atoms in total. The minimum absolute atomic E-state index is 0. The van der Waals surface area contributed by atoms with E-state index in [1.54, 1.807) is 7.11 Å². The number of hydrogen-bond acceptors (Lipinski definition) is 4. The second-order valence-corrected chi connectivity index (χ2v) is 4.15. The van der Waals surface area contributed by atoms with Gasteiger partial charge >= 0.3 is 6.61 Å². The van der Waals surface area contributed by atoms with Crippen molar-refractivity contribution in [2.75, 3.05) is 32.1 Å². The lowest BCUT2D eigenvalue weighted by Gasteiger charge is -2.10. The van der Waals surface area contributed by atoms with Gasteiger partial charge in [-0.1, -0.05) is 11.6 Å². The molecule has 0 unspecified atom stereocenters. The Morgan fingerprint density at radius 3 is 2.71 bits per heavy atom. The Bertz CT molecular complexity index is 451. The normalized spacial score (nSPS) is 10.1. The van der Waals surface area contributed by atoms with Crippen LogP contribution in [0.25, 0.3) is 0 Å². The highest BCUT2D eigenvalue weighted by Gasteiger charge is 2.10. The largest absolute Gasteiger partial charge is 0.433 e. The highest BCUT2D eigenvalue weighted by atomic mass is 35.5. The summed E-state index contributed by atoms with van der Waals surface area (Å²) >= 11 is 5.76. The lowest BCUT2D eigenvalue weighted by Crippen LogP contribution is -2.30. The molecule has 0 aliphatic rings. The van der Waals surface area contributed by atoms with Crippen molar-refractivity contribution in [1.29, 1.82) is 0 Å². The van der Waals surface area contributed by atoms with Gasteiger partial charge in [-0.25, -0.2) is 0 Å². The number of methoxy groups -OCH3 is 1. The number of anilines is 1. The number of carbonyl (C=O) groups excluding carboxylic acids is 1. The third-order valence-electron chi connectivity index (χ3n) is 2.20. The van der Waals surface area contributed by atoms with Crippen LogP contribution in [-0.2, 0) is 9.53 Å². The van der Waals surface area contributed by atoms with Crippen molar-refractivity contribution in [3.63, 3.8) is 0 Å². The molecule has 0 saturated heterocycles. The van der Waals surface area contributed by atoms with E-state index in [2.05, 4.69) is 15.4 Å². The fourth-order valence-electron chi connectivity index (χ4n) is 1.35. The second-order valence-electron chi connectivity index (χ2n) is 3.74. The van der Waals surface area contributed by atoms with Gasteiger partial charge in [-0.3, -0.25) is 4.79 Å². The van der Waals surface area contributed by atoms with E-state index in [1.807, 2.05) is 0 Å². The van der Waals surface area contributed by atoms with Crippen LogP contribution in [0.4, 0.5) is 14.5 Å². The van der Waals surface area contributed by atoms with Crippen molar-refractivity contribution in [1.82, 2.24) is 5.32 Å². The number of carbonyl (C=O) groups is 1. The Morgan fingerprint density at radius 1 is 1.43 bits per heavy atom. The highest BCUT2D eigenvalue weighted by molar-refractivity contribution is 6.32. The van der Waals surface area contributed by atoms with E-state index >= 15 is 0 Å². The van der Waals surface area contributed by atoms with Gasteiger partial charge in [0.15, 0.2) is 0 Å². The maximum absolute atomic E-state index is 12.0. The van der Waals surface area contributed by atoms with Gasteiger partial charge in [0, 0.05) is 19.3 Å². The molecule has 0 spiro atoms. The van der Waals surface area contributed by atoms with E-state index in [1.165, 1.54) is 18.2 Å². The van der Waals surface area contributed by atoms with Crippen LogP contribution in [0.1, 0.15) is 0 Å². The van der Waals surface area contributed by atoms with Gasteiger partial charge in [-0.15, -0.1) is 12.4 Å². The monoisotopic (exact) mass is 344 g/mol. The Morgan fingerprint density at radius 2 is 2.14 bits per heavy atom. The van der Waals surface area contributed by atoms with Gasteiger partial charge < -0.3 is 20.1 Å². The number of nitrogens with one attached hydrogen (secondary N) is 2. The molecule has 0 radical (unpaired) electrons. The maximum atomic E-state index is 12.0. The summed E-state index contributed by atoms with van der Waals surface area (Å²) in [5.74, 6) is -0.419. The molecule has 9 heteroatoms. The summed E-state index contributed by atoms with van der Waals surface area (Å²) in [6.07, 6.45) is 0. The molecule has 1 rings (SSSR count).